The Morgan fingerprint density at radius 3 is 2.59 bits per heavy atom. The van der Waals surface area contributed by atoms with Crippen LogP contribution in [0.1, 0.15) is 49.9 Å². The first-order valence-corrected chi connectivity index (χ1v) is 7.74. The Hall–Kier alpha value is -1.88. The largest absolute Gasteiger partial charge is 0.494 e. The lowest BCUT2D eigenvalue weighted by molar-refractivity contribution is -0.126. The van der Waals surface area contributed by atoms with E-state index in [-0.39, 0.29) is 17.6 Å². The van der Waals surface area contributed by atoms with Crippen molar-refractivity contribution < 1.29 is 19.2 Å². The lowest BCUT2D eigenvalue weighted by atomic mass is 10.1. The minimum absolute atomic E-state index is 0.00410. The van der Waals surface area contributed by atoms with Crippen molar-refractivity contribution in [2.75, 3.05) is 18.8 Å². The number of hydrogen-bond donors (Lipinski definition) is 0. The van der Waals surface area contributed by atoms with Gasteiger partial charge in [-0.3, -0.25) is 14.4 Å². The number of carbonyl (C=O) groups is 2. The molecule has 0 radical (unpaired) electrons. The molecule has 0 saturated heterocycles. The third kappa shape index (κ3) is 3.85. The first-order chi connectivity index (χ1) is 10.6. The van der Waals surface area contributed by atoms with Crippen LogP contribution in [0.15, 0.2) is 18.2 Å². The molecule has 5 nitrogen and oxygen atoms in total. The van der Waals surface area contributed by atoms with E-state index in [2.05, 4.69) is 6.92 Å². The number of carbonyl (C=O) groups excluding carboxylic acids is 2. The van der Waals surface area contributed by atoms with Gasteiger partial charge in [0.15, 0.2) is 5.78 Å². The molecule has 0 unspecified atom stereocenters. The number of Topliss-reactive ketones (excluding diaryl/α,β-unsaturated/α-hetero) is 1. The molecule has 1 aromatic carbocycles. The molecule has 0 spiro atoms. The molecule has 1 amide bonds. The molecule has 0 N–H and O–H groups in total. The molecular weight excluding hydrogens is 282 g/mol. The summed E-state index contributed by atoms with van der Waals surface area (Å²) in [5.41, 5.74) is 0.916. The van der Waals surface area contributed by atoms with E-state index in [0.717, 1.165) is 25.7 Å². The SMILES string of the molecule is CCCCOc1ccc(C(C)=O)c(N(OC)C(=O)C2CC2)c1. The molecule has 0 atom stereocenters. The van der Waals surface area contributed by atoms with Crippen LogP contribution >= 0.6 is 0 Å². The number of hydroxylamine groups is 1. The second kappa shape index (κ2) is 7.40. The van der Waals surface area contributed by atoms with Gasteiger partial charge in [0.1, 0.15) is 5.75 Å². The summed E-state index contributed by atoms with van der Waals surface area (Å²) in [6.45, 7) is 4.18. The summed E-state index contributed by atoms with van der Waals surface area (Å²) in [4.78, 5) is 29.4. The van der Waals surface area contributed by atoms with Gasteiger partial charge in [0.05, 0.1) is 19.4 Å². The third-order valence-corrected chi connectivity index (χ3v) is 3.64. The van der Waals surface area contributed by atoms with Crippen LogP contribution in [0.2, 0.25) is 0 Å². The average molecular weight is 305 g/mol. The molecule has 5 heteroatoms. The minimum Gasteiger partial charge on any atom is -0.494 e. The highest BCUT2D eigenvalue weighted by atomic mass is 16.7. The zero-order valence-electron chi connectivity index (χ0n) is 13.4. The van der Waals surface area contributed by atoms with Crippen molar-refractivity contribution in [2.24, 2.45) is 5.92 Å². The maximum Gasteiger partial charge on any atom is 0.253 e. The smallest absolute Gasteiger partial charge is 0.253 e. The van der Waals surface area contributed by atoms with Crippen LogP contribution < -0.4 is 9.80 Å². The maximum absolute atomic E-state index is 12.3. The van der Waals surface area contributed by atoms with Crippen molar-refractivity contribution in [3.63, 3.8) is 0 Å². The molecule has 1 aliphatic carbocycles. The second-order valence-electron chi connectivity index (χ2n) is 5.53. The topological polar surface area (TPSA) is 55.8 Å². The number of anilines is 1. The molecule has 2 rings (SSSR count). The summed E-state index contributed by atoms with van der Waals surface area (Å²) in [6, 6.07) is 5.15. The maximum atomic E-state index is 12.3. The van der Waals surface area contributed by atoms with Gasteiger partial charge in [-0.05, 0) is 38.3 Å². The quantitative estimate of drug-likeness (QED) is 0.420. The monoisotopic (exact) mass is 305 g/mol. The molecule has 120 valence electrons. The fourth-order valence-electron chi connectivity index (χ4n) is 2.20. The predicted octanol–water partition coefficient (Wildman–Crippen LogP) is 3.37. The van der Waals surface area contributed by atoms with Gasteiger partial charge >= 0.3 is 0 Å². The Labute approximate surface area is 131 Å². The molecule has 1 aromatic rings. The fourth-order valence-corrected chi connectivity index (χ4v) is 2.20. The third-order valence-electron chi connectivity index (χ3n) is 3.64. The summed E-state index contributed by atoms with van der Waals surface area (Å²) in [7, 11) is 1.44. The van der Waals surface area contributed by atoms with Crippen molar-refractivity contribution in [3.05, 3.63) is 23.8 Å². The van der Waals surface area contributed by atoms with E-state index in [1.54, 1.807) is 18.2 Å². The number of benzene rings is 1. The highest BCUT2D eigenvalue weighted by Gasteiger charge is 2.35. The molecule has 1 aliphatic rings. The van der Waals surface area contributed by atoms with Gasteiger partial charge < -0.3 is 4.74 Å². The number of ketones is 1. The number of amides is 1. The van der Waals surface area contributed by atoms with E-state index < -0.39 is 0 Å². The van der Waals surface area contributed by atoms with Gasteiger partial charge in [-0.15, -0.1) is 0 Å². The summed E-state index contributed by atoms with van der Waals surface area (Å²) in [5, 5.41) is 1.22. The van der Waals surface area contributed by atoms with Gasteiger partial charge in [0, 0.05) is 17.5 Å². The predicted molar refractivity (Wildman–Crippen MR) is 84.1 cm³/mol. The van der Waals surface area contributed by atoms with Gasteiger partial charge in [-0.2, -0.15) is 5.06 Å². The fraction of sp³-hybridized carbons (Fsp3) is 0.529. The van der Waals surface area contributed by atoms with Gasteiger partial charge in [0.2, 0.25) is 0 Å². The molecule has 0 aliphatic heterocycles. The van der Waals surface area contributed by atoms with Crippen molar-refractivity contribution >= 4 is 17.4 Å². The zero-order valence-corrected chi connectivity index (χ0v) is 13.4. The Morgan fingerprint density at radius 2 is 2.05 bits per heavy atom. The van der Waals surface area contributed by atoms with Crippen LogP contribution in [0.4, 0.5) is 5.69 Å². The van der Waals surface area contributed by atoms with E-state index in [9.17, 15) is 9.59 Å². The molecule has 1 fully saturated rings. The van der Waals surface area contributed by atoms with E-state index in [1.165, 1.54) is 19.1 Å². The minimum atomic E-state index is -0.110. The lowest BCUT2D eigenvalue weighted by Crippen LogP contribution is -2.32. The van der Waals surface area contributed by atoms with E-state index >= 15 is 0 Å². The van der Waals surface area contributed by atoms with Gasteiger partial charge in [0.25, 0.3) is 5.91 Å². The Morgan fingerprint density at radius 1 is 1.32 bits per heavy atom. The Balaban J connectivity index is 2.29. The van der Waals surface area contributed by atoms with Crippen LogP contribution in [0.25, 0.3) is 0 Å². The molecule has 1 saturated carbocycles. The molecule has 0 aromatic heterocycles. The average Bonchev–Trinajstić information content (AvgIpc) is 3.33. The molecule has 22 heavy (non-hydrogen) atoms. The van der Waals surface area contributed by atoms with Crippen LogP contribution in [0.3, 0.4) is 0 Å². The highest BCUT2D eigenvalue weighted by Crippen LogP contribution is 2.35. The summed E-state index contributed by atoms with van der Waals surface area (Å²) >= 11 is 0. The van der Waals surface area contributed by atoms with Crippen LogP contribution in [-0.2, 0) is 9.63 Å². The highest BCUT2D eigenvalue weighted by molar-refractivity contribution is 6.05. The second-order valence-corrected chi connectivity index (χ2v) is 5.53. The van der Waals surface area contributed by atoms with Crippen LogP contribution in [0.5, 0.6) is 5.75 Å². The lowest BCUT2D eigenvalue weighted by Gasteiger charge is -2.22. The normalized spacial score (nSPS) is 13.8. The number of unbranched alkanes of at least 4 members (excludes halogenated alkanes) is 1. The van der Waals surface area contributed by atoms with Crippen molar-refractivity contribution in [3.8, 4) is 5.75 Å². The Kier molecular flexibility index (Phi) is 5.55. The van der Waals surface area contributed by atoms with Crippen molar-refractivity contribution in [1.82, 2.24) is 0 Å². The summed E-state index contributed by atoms with van der Waals surface area (Å²) in [6.07, 6.45) is 3.75. The summed E-state index contributed by atoms with van der Waals surface area (Å²) in [5.74, 6) is 0.431. The molecule has 0 bridgehead atoms. The van der Waals surface area contributed by atoms with E-state index in [4.69, 9.17) is 9.57 Å². The van der Waals surface area contributed by atoms with Crippen LogP contribution in [0, 0.1) is 5.92 Å². The van der Waals surface area contributed by atoms with Crippen molar-refractivity contribution in [2.45, 2.75) is 39.5 Å². The van der Waals surface area contributed by atoms with E-state index in [0.29, 0.717) is 23.6 Å². The molecule has 0 heterocycles. The van der Waals surface area contributed by atoms with Gasteiger partial charge in [-0.25, -0.2) is 0 Å². The standard InChI is InChI=1S/C17H23NO4/c1-4-5-10-22-14-8-9-15(12(2)19)16(11-14)18(21-3)17(20)13-6-7-13/h8-9,11,13H,4-7,10H2,1-3H3. The molecular formula is C17H23NO4. The van der Waals surface area contributed by atoms with Crippen molar-refractivity contribution in [1.29, 1.82) is 0 Å². The number of nitrogens with zero attached hydrogens (tertiary/aromatic N) is 1. The zero-order chi connectivity index (χ0) is 16.1. The number of ether oxygens (including phenoxy) is 1. The summed E-state index contributed by atoms with van der Waals surface area (Å²) < 4.78 is 5.67. The first kappa shape index (κ1) is 16.5. The Bertz CT molecular complexity index is 552. The van der Waals surface area contributed by atoms with E-state index in [1.807, 2.05) is 0 Å². The van der Waals surface area contributed by atoms with Crippen LogP contribution in [-0.4, -0.2) is 25.4 Å². The first-order valence-electron chi connectivity index (χ1n) is 7.74. The number of hydrogen-bond acceptors (Lipinski definition) is 4. The number of rotatable bonds is 8. The van der Waals surface area contributed by atoms with Gasteiger partial charge in [-0.1, -0.05) is 13.3 Å².